The molecule has 1 aliphatic rings. The summed E-state index contributed by atoms with van der Waals surface area (Å²) < 4.78 is 0. The molecule has 0 radical (unpaired) electrons. The van der Waals surface area contributed by atoms with Crippen molar-refractivity contribution in [3.8, 4) is 0 Å². The van der Waals surface area contributed by atoms with E-state index in [-0.39, 0.29) is 0 Å². The normalized spacial score (nSPS) is 17.6. The molecule has 1 aliphatic heterocycles. The number of nitrogens with zero attached hydrogens (tertiary/aromatic N) is 1. The Kier molecular flexibility index (Phi) is 5.93. The molecule has 0 aliphatic carbocycles. The summed E-state index contributed by atoms with van der Waals surface area (Å²) in [5.74, 6) is 1.21. The maximum absolute atomic E-state index is 6.21. The summed E-state index contributed by atoms with van der Waals surface area (Å²) >= 11 is 0. The lowest BCUT2D eigenvalue weighted by Crippen LogP contribution is -2.37. The number of piperidine rings is 1. The summed E-state index contributed by atoms with van der Waals surface area (Å²) in [5, 5.41) is 0. The summed E-state index contributed by atoms with van der Waals surface area (Å²) in [7, 11) is 0. The van der Waals surface area contributed by atoms with Crippen molar-refractivity contribution < 1.29 is 0 Å². The van der Waals surface area contributed by atoms with Gasteiger partial charge in [0.2, 0.25) is 0 Å². The lowest BCUT2D eigenvalue weighted by molar-refractivity contribution is 0.162. The summed E-state index contributed by atoms with van der Waals surface area (Å²) in [4.78, 5) is 2.60. The molecule has 1 heterocycles. The predicted octanol–water partition coefficient (Wildman–Crippen LogP) is 4.57. The second-order valence-electron chi connectivity index (χ2n) is 7.80. The van der Waals surface area contributed by atoms with E-state index in [1.54, 1.807) is 0 Å². The Labute approximate surface area is 153 Å². The average molecular weight is 337 g/mol. The average Bonchev–Trinajstić information content (AvgIpc) is 2.62. The van der Waals surface area contributed by atoms with Crippen LogP contribution in [-0.2, 0) is 6.54 Å². The second kappa shape index (κ2) is 8.16. The van der Waals surface area contributed by atoms with Gasteiger partial charge in [0.15, 0.2) is 0 Å². The molecule has 2 heteroatoms. The molecule has 1 fully saturated rings. The van der Waals surface area contributed by atoms with E-state index >= 15 is 0 Å². The van der Waals surface area contributed by atoms with Gasteiger partial charge in [-0.05, 0) is 81.8 Å². The zero-order chi connectivity index (χ0) is 17.8. The SMILES string of the molecule is Cc1ccc(CN2CCC(C(CN)c3cc(C)ccc3C)CC2)cc1. The van der Waals surface area contributed by atoms with E-state index in [9.17, 15) is 0 Å². The van der Waals surface area contributed by atoms with Crippen LogP contribution in [0.15, 0.2) is 42.5 Å². The van der Waals surface area contributed by atoms with Crippen LogP contribution in [0, 0.1) is 26.7 Å². The van der Waals surface area contributed by atoms with Crippen LogP contribution in [0.25, 0.3) is 0 Å². The smallest absolute Gasteiger partial charge is 0.0233 e. The van der Waals surface area contributed by atoms with Gasteiger partial charge in [0, 0.05) is 6.54 Å². The molecule has 134 valence electrons. The predicted molar refractivity (Wildman–Crippen MR) is 107 cm³/mol. The third-order valence-corrected chi connectivity index (χ3v) is 5.82. The van der Waals surface area contributed by atoms with E-state index in [0.717, 1.165) is 13.1 Å². The second-order valence-corrected chi connectivity index (χ2v) is 7.80. The molecule has 2 aromatic carbocycles. The molecule has 0 spiro atoms. The first-order chi connectivity index (χ1) is 12.1. The molecule has 1 unspecified atom stereocenters. The zero-order valence-electron chi connectivity index (χ0n) is 16.0. The highest BCUT2D eigenvalue weighted by molar-refractivity contribution is 5.34. The molecule has 25 heavy (non-hydrogen) atoms. The molecular weight excluding hydrogens is 304 g/mol. The topological polar surface area (TPSA) is 29.3 Å². The Morgan fingerprint density at radius 1 is 0.960 bits per heavy atom. The number of hydrogen-bond donors (Lipinski definition) is 1. The largest absolute Gasteiger partial charge is 0.330 e. The molecule has 2 nitrogen and oxygen atoms in total. The fourth-order valence-corrected chi connectivity index (χ4v) is 4.20. The highest BCUT2D eigenvalue weighted by Gasteiger charge is 2.27. The number of benzene rings is 2. The van der Waals surface area contributed by atoms with E-state index in [1.807, 2.05) is 0 Å². The van der Waals surface area contributed by atoms with Crippen molar-refractivity contribution >= 4 is 0 Å². The van der Waals surface area contributed by atoms with Crippen LogP contribution in [0.4, 0.5) is 0 Å². The molecule has 2 aromatic rings. The number of hydrogen-bond acceptors (Lipinski definition) is 2. The number of aryl methyl sites for hydroxylation is 3. The minimum atomic E-state index is 0.501. The molecule has 3 rings (SSSR count). The standard InChI is InChI=1S/C23H32N2/c1-17-5-8-20(9-6-17)16-25-12-10-21(11-13-25)23(15-24)22-14-18(2)4-7-19(22)3/h4-9,14,21,23H,10-13,15-16,24H2,1-3H3. The Balaban J connectivity index is 1.62. The minimum absolute atomic E-state index is 0.501. The van der Waals surface area contributed by atoms with Crippen molar-refractivity contribution in [2.45, 2.75) is 46.1 Å². The van der Waals surface area contributed by atoms with E-state index in [1.165, 1.54) is 53.7 Å². The Morgan fingerprint density at radius 2 is 1.60 bits per heavy atom. The van der Waals surface area contributed by atoms with Gasteiger partial charge in [0.05, 0.1) is 0 Å². The fourth-order valence-electron chi connectivity index (χ4n) is 4.20. The van der Waals surface area contributed by atoms with E-state index < -0.39 is 0 Å². The number of likely N-dealkylation sites (tertiary alicyclic amines) is 1. The van der Waals surface area contributed by atoms with Crippen LogP contribution in [-0.4, -0.2) is 24.5 Å². The zero-order valence-corrected chi connectivity index (χ0v) is 16.0. The lowest BCUT2D eigenvalue weighted by Gasteiger charge is -2.36. The number of nitrogens with two attached hydrogens (primary N) is 1. The lowest BCUT2D eigenvalue weighted by atomic mass is 9.78. The number of rotatable bonds is 5. The first-order valence-corrected chi connectivity index (χ1v) is 9.62. The summed E-state index contributed by atoms with van der Waals surface area (Å²) in [6, 6.07) is 15.8. The molecule has 2 N–H and O–H groups in total. The van der Waals surface area contributed by atoms with E-state index in [0.29, 0.717) is 11.8 Å². The molecular formula is C23H32N2. The molecule has 0 aromatic heterocycles. The maximum atomic E-state index is 6.21. The molecule has 0 bridgehead atoms. The minimum Gasteiger partial charge on any atom is -0.330 e. The van der Waals surface area contributed by atoms with Crippen molar-refractivity contribution in [2.24, 2.45) is 11.7 Å². The van der Waals surface area contributed by atoms with Crippen molar-refractivity contribution in [1.82, 2.24) is 4.90 Å². The van der Waals surface area contributed by atoms with Crippen LogP contribution < -0.4 is 5.73 Å². The van der Waals surface area contributed by atoms with Crippen molar-refractivity contribution in [2.75, 3.05) is 19.6 Å². The van der Waals surface area contributed by atoms with Gasteiger partial charge < -0.3 is 5.73 Å². The Bertz CT molecular complexity index is 682. The highest BCUT2D eigenvalue weighted by atomic mass is 15.1. The fraction of sp³-hybridized carbons (Fsp3) is 0.478. The summed E-state index contributed by atoms with van der Waals surface area (Å²) in [6.07, 6.45) is 2.50. The molecule has 1 atom stereocenters. The molecule has 0 saturated carbocycles. The molecule has 0 amide bonds. The van der Waals surface area contributed by atoms with Crippen LogP contribution in [0.2, 0.25) is 0 Å². The summed E-state index contributed by atoms with van der Waals surface area (Å²) in [6.45, 7) is 10.7. The molecule has 1 saturated heterocycles. The van der Waals surface area contributed by atoms with Gasteiger partial charge in [-0.15, -0.1) is 0 Å². The third-order valence-electron chi connectivity index (χ3n) is 5.82. The van der Waals surface area contributed by atoms with Crippen molar-refractivity contribution in [1.29, 1.82) is 0 Å². The van der Waals surface area contributed by atoms with Gasteiger partial charge in [-0.1, -0.05) is 53.6 Å². The first kappa shape index (κ1) is 18.2. The quantitative estimate of drug-likeness (QED) is 0.867. The summed E-state index contributed by atoms with van der Waals surface area (Å²) in [5.41, 5.74) is 13.2. The van der Waals surface area contributed by atoms with Crippen molar-refractivity contribution in [3.05, 3.63) is 70.3 Å². The van der Waals surface area contributed by atoms with E-state index in [4.69, 9.17) is 5.73 Å². The van der Waals surface area contributed by atoms with Crippen LogP contribution >= 0.6 is 0 Å². The monoisotopic (exact) mass is 336 g/mol. The van der Waals surface area contributed by atoms with E-state index in [2.05, 4.69) is 68.1 Å². The highest BCUT2D eigenvalue weighted by Crippen LogP contribution is 2.34. The van der Waals surface area contributed by atoms with Crippen LogP contribution in [0.1, 0.15) is 46.6 Å². The van der Waals surface area contributed by atoms with Crippen molar-refractivity contribution in [3.63, 3.8) is 0 Å². The van der Waals surface area contributed by atoms with Gasteiger partial charge in [0.1, 0.15) is 0 Å². The Hall–Kier alpha value is -1.64. The van der Waals surface area contributed by atoms with Gasteiger partial charge >= 0.3 is 0 Å². The van der Waals surface area contributed by atoms with Crippen LogP contribution in [0.3, 0.4) is 0 Å². The first-order valence-electron chi connectivity index (χ1n) is 9.62. The van der Waals surface area contributed by atoms with Gasteiger partial charge in [-0.2, -0.15) is 0 Å². The van der Waals surface area contributed by atoms with Gasteiger partial charge in [-0.3, -0.25) is 4.90 Å². The van der Waals surface area contributed by atoms with Gasteiger partial charge in [-0.25, -0.2) is 0 Å². The van der Waals surface area contributed by atoms with Crippen LogP contribution in [0.5, 0.6) is 0 Å². The van der Waals surface area contributed by atoms with Gasteiger partial charge in [0.25, 0.3) is 0 Å². The maximum Gasteiger partial charge on any atom is 0.0233 e. The third kappa shape index (κ3) is 4.50. The Morgan fingerprint density at radius 3 is 2.24 bits per heavy atom.